The second kappa shape index (κ2) is 6.02. The third-order valence-electron chi connectivity index (χ3n) is 4.42. The topological polar surface area (TPSA) is 47.7 Å². The van der Waals surface area contributed by atoms with Crippen molar-refractivity contribution in [2.24, 2.45) is 7.05 Å². The Labute approximate surface area is 126 Å². The molecule has 5 heteroatoms. The van der Waals surface area contributed by atoms with Crippen LogP contribution in [0.2, 0.25) is 0 Å². The highest BCUT2D eigenvalue weighted by Gasteiger charge is 2.22. The molecule has 0 fully saturated rings. The van der Waals surface area contributed by atoms with Gasteiger partial charge >= 0.3 is 0 Å². The maximum Gasteiger partial charge on any atom is 0.0596 e. The van der Waals surface area contributed by atoms with Gasteiger partial charge in [0.15, 0.2) is 0 Å². The van der Waals surface area contributed by atoms with E-state index in [1.807, 2.05) is 24.9 Å². The van der Waals surface area contributed by atoms with Crippen molar-refractivity contribution in [3.8, 4) is 0 Å². The van der Waals surface area contributed by atoms with E-state index in [4.69, 9.17) is 0 Å². The molecule has 114 valence electrons. The van der Waals surface area contributed by atoms with Gasteiger partial charge in [-0.05, 0) is 52.1 Å². The number of aryl methyl sites for hydroxylation is 4. The molecule has 0 spiro atoms. The zero-order chi connectivity index (χ0) is 14.8. The lowest BCUT2D eigenvalue weighted by molar-refractivity contribution is 0.434. The number of rotatable bonds is 5. The first-order valence-corrected chi connectivity index (χ1v) is 7.90. The highest BCUT2D eigenvalue weighted by molar-refractivity contribution is 5.24. The van der Waals surface area contributed by atoms with Gasteiger partial charge in [0, 0.05) is 36.6 Å². The van der Waals surface area contributed by atoms with Crippen molar-refractivity contribution in [2.75, 3.05) is 6.54 Å². The fourth-order valence-electron chi connectivity index (χ4n) is 3.32. The molecule has 1 aliphatic carbocycles. The molecule has 0 aliphatic heterocycles. The second-order valence-electron chi connectivity index (χ2n) is 6.07. The van der Waals surface area contributed by atoms with E-state index in [-0.39, 0.29) is 0 Å². The van der Waals surface area contributed by atoms with Gasteiger partial charge in [0.2, 0.25) is 0 Å². The van der Waals surface area contributed by atoms with Crippen LogP contribution in [0.25, 0.3) is 0 Å². The normalized spacial score (nSPS) is 18.0. The minimum atomic E-state index is 0.475. The molecule has 2 aromatic rings. The average Bonchev–Trinajstić information content (AvgIpc) is 2.99. The first-order valence-electron chi connectivity index (χ1n) is 7.90. The largest absolute Gasteiger partial charge is 0.310 e. The maximum absolute atomic E-state index is 4.51. The summed E-state index contributed by atoms with van der Waals surface area (Å²) in [5, 5.41) is 12.6. The molecule has 5 nitrogen and oxygen atoms in total. The molecule has 1 unspecified atom stereocenters. The summed E-state index contributed by atoms with van der Waals surface area (Å²) in [4.78, 5) is 0. The standard InChI is InChI=1S/C16H25N5/c1-12-10-13(2)21(19-12)9-5-8-17-15-6-4-7-16-14(15)11-18-20(16)3/h10-11,15,17H,4-9H2,1-3H3. The lowest BCUT2D eigenvalue weighted by atomic mass is 9.93. The molecule has 0 amide bonds. The quantitative estimate of drug-likeness (QED) is 0.858. The van der Waals surface area contributed by atoms with E-state index in [1.165, 1.54) is 29.8 Å². The molecule has 1 atom stereocenters. The van der Waals surface area contributed by atoms with Crippen LogP contribution in [0, 0.1) is 13.8 Å². The van der Waals surface area contributed by atoms with Crippen LogP contribution in [0.3, 0.4) is 0 Å². The Morgan fingerprint density at radius 2 is 2.24 bits per heavy atom. The van der Waals surface area contributed by atoms with Gasteiger partial charge in [0.1, 0.15) is 0 Å². The van der Waals surface area contributed by atoms with E-state index in [0.717, 1.165) is 31.6 Å². The SMILES string of the molecule is Cc1cc(C)n(CCCNC2CCCc3c2cnn3C)n1. The van der Waals surface area contributed by atoms with Crippen LogP contribution < -0.4 is 5.32 Å². The van der Waals surface area contributed by atoms with Crippen molar-refractivity contribution in [3.63, 3.8) is 0 Å². The first-order chi connectivity index (χ1) is 10.1. The molecule has 0 radical (unpaired) electrons. The lowest BCUT2D eigenvalue weighted by Gasteiger charge is -2.24. The van der Waals surface area contributed by atoms with Gasteiger partial charge in [-0.25, -0.2) is 0 Å². The highest BCUT2D eigenvalue weighted by Crippen LogP contribution is 2.28. The van der Waals surface area contributed by atoms with Crippen LogP contribution in [0.15, 0.2) is 12.3 Å². The van der Waals surface area contributed by atoms with Gasteiger partial charge < -0.3 is 5.32 Å². The third-order valence-corrected chi connectivity index (χ3v) is 4.42. The van der Waals surface area contributed by atoms with Gasteiger partial charge in [0.25, 0.3) is 0 Å². The number of hydrogen-bond donors (Lipinski definition) is 1. The molecule has 0 bridgehead atoms. The third kappa shape index (κ3) is 3.02. The molecule has 0 aromatic carbocycles. The number of nitrogens with zero attached hydrogens (tertiary/aromatic N) is 4. The monoisotopic (exact) mass is 287 g/mol. The Bertz CT molecular complexity index is 610. The second-order valence-corrected chi connectivity index (χ2v) is 6.07. The summed E-state index contributed by atoms with van der Waals surface area (Å²) in [7, 11) is 2.05. The summed E-state index contributed by atoms with van der Waals surface area (Å²) in [5.74, 6) is 0. The van der Waals surface area contributed by atoms with E-state index >= 15 is 0 Å². The maximum atomic E-state index is 4.51. The Morgan fingerprint density at radius 3 is 3.00 bits per heavy atom. The van der Waals surface area contributed by atoms with Crippen molar-refractivity contribution in [1.29, 1.82) is 0 Å². The van der Waals surface area contributed by atoms with E-state index in [2.05, 4.69) is 33.2 Å². The van der Waals surface area contributed by atoms with Crippen molar-refractivity contribution in [1.82, 2.24) is 24.9 Å². The summed E-state index contributed by atoms with van der Waals surface area (Å²) in [6, 6.07) is 2.61. The van der Waals surface area contributed by atoms with Crippen LogP contribution in [0.5, 0.6) is 0 Å². The zero-order valence-corrected chi connectivity index (χ0v) is 13.3. The van der Waals surface area contributed by atoms with Gasteiger partial charge in [-0.1, -0.05) is 0 Å². The minimum Gasteiger partial charge on any atom is -0.310 e. The summed E-state index contributed by atoms with van der Waals surface area (Å²) in [6.07, 6.45) is 6.78. The fraction of sp³-hybridized carbons (Fsp3) is 0.625. The van der Waals surface area contributed by atoms with Crippen LogP contribution in [-0.4, -0.2) is 26.1 Å². The van der Waals surface area contributed by atoms with Crippen molar-refractivity contribution >= 4 is 0 Å². The summed E-state index contributed by atoms with van der Waals surface area (Å²) in [6.45, 7) is 6.18. The number of aromatic nitrogens is 4. The molecule has 2 heterocycles. The molecule has 0 saturated carbocycles. The molecule has 1 aliphatic rings. The van der Waals surface area contributed by atoms with Crippen molar-refractivity contribution in [3.05, 3.63) is 34.9 Å². The Hall–Kier alpha value is -1.62. The number of fused-ring (bicyclic) bond motifs is 1. The van der Waals surface area contributed by atoms with E-state index in [0.29, 0.717) is 6.04 Å². The van der Waals surface area contributed by atoms with Gasteiger partial charge in [0.05, 0.1) is 11.9 Å². The highest BCUT2D eigenvalue weighted by atomic mass is 15.3. The summed E-state index contributed by atoms with van der Waals surface area (Å²) in [5.41, 5.74) is 5.15. The lowest BCUT2D eigenvalue weighted by Crippen LogP contribution is -2.26. The van der Waals surface area contributed by atoms with E-state index in [1.54, 1.807) is 0 Å². The number of hydrogen-bond acceptors (Lipinski definition) is 3. The van der Waals surface area contributed by atoms with Gasteiger partial charge in [-0.15, -0.1) is 0 Å². The van der Waals surface area contributed by atoms with Crippen molar-refractivity contribution in [2.45, 2.75) is 52.1 Å². The number of nitrogens with one attached hydrogen (secondary N) is 1. The van der Waals surface area contributed by atoms with Crippen LogP contribution in [0.1, 0.15) is 47.9 Å². The molecule has 0 saturated heterocycles. The van der Waals surface area contributed by atoms with Crippen LogP contribution in [-0.2, 0) is 20.0 Å². The summed E-state index contributed by atoms with van der Waals surface area (Å²) >= 11 is 0. The van der Waals surface area contributed by atoms with Crippen molar-refractivity contribution < 1.29 is 0 Å². The van der Waals surface area contributed by atoms with Gasteiger partial charge in [-0.3, -0.25) is 9.36 Å². The van der Waals surface area contributed by atoms with Crippen LogP contribution >= 0.6 is 0 Å². The molecule has 2 aromatic heterocycles. The molecule has 1 N–H and O–H groups in total. The Balaban J connectivity index is 1.51. The average molecular weight is 287 g/mol. The molecule has 21 heavy (non-hydrogen) atoms. The molecular weight excluding hydrogens is 262 g/mol. The Morgan fingerprint density at radius 1 is 1.38 bits per heavy atom. The predicted octanol–water partition coefficient (Wildman–Crippen LogP) is 2.29. The van der Waals surface area contributed by atoms with E-state index < -0.39 is 0 Å². The summed E-state index contributed by atoms with van der Waals surface area (Å²) < 4.78 is 4.13. The zero-order valence-electron chi connectivity index (χ0n) is 13.3. The van der Waals surface area contributed by atoms with Crippen LogP contribution in [0.4, 0.5) is 0 Å². The Kier molecular flexibility index (Phi) is 4.10. The minimum absolute atomic E-state index is 0.475. The smallest absolute Gasteiger partial charge is 0.0596 e. The van der Waals surface area contributed by atoms with Gasteiger partial charge in [-0.2, -0.15) is 10.2 Å². The fourth-order valence-corrected chi connectivity index (χ4v) is 3.32. The molecule has 3 rings (SSSR count). The van der Waals surface area contributed by atoms with E-state index in [9.17, 15) is 0 Å². The predicted molar refractivity (Wildman–Crippen MR) is 83.2 cm³/mol. The molecular formula is C16H25N5. The first kappa shape index (κ1) is 14.3.